The van der Waals surface area contributed by atoms with Crippen molar-refractivity contribution in [1.29, 1.82) is 0 Å². The van der Waals surface area contributed by atoms with Crippen LogP contribution in [0.5, 0.6) is 0 Å². The van der Waals surface area contributed by atoms with Gasteiger partial charge in [0.15, 0.2) is 0 Å². The van der Waals surface area contributed by atoms with Crippen LogP contribution in [-0.2, 0) is 6.54 Å². The number of nitrogens with zero attached hydrogens (tertiary/aromatic N) is 2. The molecule has 1 aliphatic rings. The summed E-state index contributed by atoms with van der Waals surface area (Å²) in [4.78, 5) is 6.81. The van der Waals surface area contributed by atoms with E-state index < -0.39 is 0 Å². The molecular formula is C13H20ClN3. The molecular weight excluding hydrogens is 234 g/mol. The van der Waals surface area contributed by atoms with Gasteiger partial charge in [-0.15, -0.1) is 0 Å². The number of halogens is 1. The van der Waals surface area contributed by atoms with Gasteiger partial charge in [-0.25, -0.2) is 4.98 Å². The SMILES string of the molecule is CNc1ccc(Cl)c(CN(C)CC2CCC2)n1. The van der Waals surface area contributed by atoms with Crippen LogP contribution in [0, 0.1) is 5.92 Å². The molecule has 0 amide bonds. The number of hydrogen-bond acceptors (Lipinski definition) is 3. The van der Waals surface area contributed by atoms with Crippen molar-refractivity contribution in [2.45, 2.75) is 25.8 Å². The van der Waals surface area contributed by atoms with Crippen LogP contribution in [0.25, 0.3) is 0 Å². The van der Waals surface area contributed by atoms with Crippen LogP contribution in [0.4, 0.5) is 5.82 Å². The van der Waals surface area contributed by atoms with Crippen molar-refractivity contribution in [2.24, 2.45) is 5.92 Å². The molecule has 94 valence electrons. The molecule has 0 bridgehead atoms. The van der Waals surface area contributed by atoms with Gasteiger partial charge in [-0.1, -0.05) is 18.0 Å². The van der Waals surface area contributed by atoms with Gasteiger partial charge in [0.05, 0.1) is 10.7 Å². The minimum Gasteiger partial charge on any atom is -0.373 e. The Bertz CT molecular complexity index is 377. The van der Waals surface area contributed by atoms with E-state index in [1.165, 1.54) is 19.3 Å². The summed E-state index contributed by atoms with van der Waals surface area (Å²) in [5, 5.41) is 3.80. The molecule has 1 aromatic rings. The van der Waals surface area contributed by atoms with E-state index in [0.717, 1.165) is 35.5 Å². The Balaban J connectivity index is 1.96. The second kappa shape index (κ2) is 5.69. The molecule has 0 aliphatic heterocycles. The minimum atomic E-state index is 0.754. The van der Waals surface area contributed by atoms with Gasteiger partial charge < -0.3 is 10.2 Å². The lowest BCUT2D eigenvalue weighted by atomic mass is 9.85. The van der Waals surface area contributed by atoms with Gasteiger partial charge in [-0.2, -0.15) is 0 Å². The molecule has 3 nitrogen and oxygen atoms in total. The quantitative estimate of drug-likeness (QED) is 0.875. The first kappa shape index (κ1) is 12.7. The van der Waals surface area contributed by atoms with Crippen LogP contribution >= 0.6 is 11.6 Å². The molecule has 1 saturated carbocycles. The first-order valence-electron chi connectivity index (χ1n) is 6.20. The van der Waals surface area contributed by atoms with E-state index in [-0.39, 0.29) is 0 Å². The van der Waals surface area contributed by atoms with E-state index in [4.69, 9.17) is 11.6 Å². The van der Waals surface area contributed by atoms with Crippen LogP contribution < -0.4 is 5.32 Å². The maximum absolute atomic E-state index is 6.16. The van der Waals surface area contributed by atoms with E-state index in [0.29, 0.717) is 0 Å². The highest BCUT2D eigenvalue weighted by Gasteiger charge is 2.19. The number of rotatable bonds is 5. The van der Waals surface area contributed by atoms with Gasteiger partial charge in [0, 0.05) is 20.1 Å². The lowest BCUT2D eigenvalue weighted by Crippen LogP contribution is -2.29. The molecule has 0 spiro atoms. The fourth-order valence-corrected chi connectivity index (χ4v) is 2.34. The molecule has 0 aromatic carbocycles. The van der Waals surface area contributed by atoms with Gasteiger partial charge in [-0.05, 0) is 37.9 Å². The zero-order chi connectivity index (χ0) is 12.3. The summed E-state index contributed by atoms with van der Waals surface area (Å²) in [6, 6.07) is 3.81. The lowest BCUT2D eigenvalue weighted by molar-refractivity contribution is 0.199. The van der Waals surface area contributed by atoms with E-state index >= 15 is 0 Å². The average molecular weight is 254 g/mol. The molecule has 1 heterocycles. The molecule has 1 fully saturated rings. The number of nitrogens with one attached hydrogen (secondary N) is 1. The molecule has 0 saturated heterocycles. The van der Waals surface area contributed by atoms with E-state index in [2.05, 4.69) is 22.2 Å². The molecule has 0 atom stereocenters. The van der Waals surface area contributed by atoms with Crippen molar-refractivity contribution in [3.05, 3.63) is 22.8 Å². The van der Waals surface area contributed by atoms with E-state index in [1.54, 1.807) is 0 Å². The Labute approximate surface area is 108 Å². The smallest absolute Gasteiger partial charge is 0.126 e. The van der Waals surface area contributed by atoms with Crippen molar-refractivity contribution in [3.63, 3.8) is 0 Å². The van der Waals surface area contributed by atoms with Gasteiger partial charge in [0.1, 0.15) is 5.82 Å². The first-order valence-corrected chi connectivity index (χ1v) is 6.58. The van der Waals surface area contributed by atoms with Gasteiger partial charge in [0.25, 0.3) is 0 Å². The maximum atomic E-state index is 6.16. The summed E-state index contributed by atoms with van der Waals surface area (Å²) < 4.78 is 0. The molecule has 17 heavy (non-hydrogen) atoms. The third-order valence-corrected chi connectivity index (χ3v) is 3.73. The highest BCUT2D eigenvalue weighted by atomic mass is 35.5. The normalized spacial score (nSPS) is 16.0. The van der Waals surface area contributed by atoms with Crippen LogP contribution in [0.1, 0.15) is 25.0 Å². The topological polar surface area (TPSA) is 28.2 Å². The van der Waals surface area contributed by atoms with Crippen molar-refractivity contribution >= 4 is 17.4 Å². The predicted molar refractivity (Wildman–Crippen MR) is 72.5 cm³/mol. The van der Waals surface area contributed by atoms with Gasteiger partial charge in [0.2, 0.25) is 0 Å². The largest absolute Gasteiger partial charge is 0.373 e. The second-order valence-corrected chi connectivity index (χ2v) is 5.28. The zero-order valence-corrected chi connectivity index (χ0v) is 11.3. The van der Waals surface area contributed by atoms with Crippen LogP contribution in [-0.4, -0.2) is 30.5 Å². The summed E-state index contributed by atoms with van der Waals surface area (Å²) in [5.74, 6) is 1.76. The molecule has 2 rings (SSSR count). The Morgan fingerprint density at radius 1 is 1.47 bits per heavy atom. The summed E-state index contributed by atoms with van der Waals surface area (Å²) in [6.45, 7) is 1.98. The van der Waals surface area contributed by atoms with Crippen LogP contribution in [0.2, 0.25) is 5.02 Å². The standard InChI is InChI=1S/C13H20ClN3/c1-15-13-7-6-11(14)12(16-13)9-17(2)8-10-4-3-5-10/h6-7,10H,3-5,8-9H2,1-2H3,(H,15,16). The second-order valence-electron chi connectivity index (χ2n) is 4.87. The summed E-state index contributed by atoms with van der Waals surface area (Å²) in [6.07, 6.45) is 4.15. The Morgan fingerprint density at radius 3 is 2.82 bits per heavy atom. The van der Waals surface area contributed by atoms with Crippen molar-refractivity contribution < 1.29 is 0 Å². The van der Waals surface area contributed by atoms with E-state index in [1.807, 2.05) is 19.2 Å². The fourth-order valence-electron chi connectivity index (χ4n) is 2.17. The predicted octanol–water partition coefficient (Wildman–Crippen LogP) is 3.01. The van der Waals surface area contributed by atoms with Gasteiger partial charge >= 0.3 is 0 Å². The summed E-state index contributed by atoms with van der Waals surface area (Å²) in [7, 11) is 4.01. The zero-order valence-electron chi connectivity index (χ0n) is 10.5. The monoisotopic (exact) mass is 253 g/mol. The highest BCUT2D eigenvalue weighted by Crippen LogP contribution is 2.27. The number of anilines is 1. The van der Waals surface area contributed by atoms with Crippen LogP contribution in [0.15, 0.2) is 12.1 Å². The van der Waals surface area contributed by atoms with Gasteiger partial charge in [-0.3, -0.25) is 0 Å². The average Bonchev–Trinajstić information content (AvgIpc) is 2.27. The Morgan fingerprint density at radius 2 is 2.24 bits per heavy atom. The Kier molecular flexibility index (Phi) is 4.24. The summed E-state index contributed by atoms with van der Waals surface area (Å²) >= 11 is 6.16. The van der Waals surface area contributed by atoms with Crippen molar-refractivity contribution in [3.8, 4) is 0 Å². The van der Waals surface area contributed by atoms with Crippen molar-refractivity contribution in [1.82, 2.24) is 9.88 Å². The van der Waals surface area contributed by atoms with E-state index in [9.17, 15) is 0 Å². The Hall–Kier alpha value is -0.800. The highest BCUT2D eigenvalue weighted by molar-refractivity contribution is 6.31. The lowest BCUT2D eigenvalue weighted by Gasteiger charge is -2.30. The molecule has 1 N–H and O–H groups in total. The fraction of sp³-hybridized carbons (Fsp3) is 0.615. The number of pyridine rings is 1. The molecule has 0 unspecified atom stereocenters. The third kappa shape index (κ3) is 3.33. The first-order chi connectivity index (χ1) is 8.19. The van der Waals surface area contributed by atoms with Crippen molar-refractivity contribution in [2.75, 3.05) is 26.0 Å². The molecule has 4 heteroatoms. The molecule has 1 aromatic heterocycles. The molecule has 0 radical (unpaired) electrons. The number of aromatic nitrogens is 1. The number of hydrogen-bond donors (Lipinski definition) is 1. The minimum absolute atomic E-state index is 0.754. The third-order valence-electron chi connectivity index (χ3n) is 3.39. The van der Waals surface area contributed by atoms with Crippen LogP contribution in [0.3, 0.4) is 0 Å². The molecule has 1 aliphatic carbocycles. The maximum Gasteiger partial charge on any atom is 0.126 e. The summed E-state index contributed by atoms with van der Waals surface area (Å²) in [5.41, 5.74) is 0.959.